The van der Waals surface area contributed by atoms with Crippen molar-refractivity contribution in [2.75, 3.05) is 37.0 Å². The van der Waals surface area contributed by atoms with Crippen LogP contribution in [0, 0.1) is 5.92 Å². The van der Waals surface area contributed by atoms with Gasteiger partial charge in [-0.05, 0) is 24.8 Å². The molecule has 0 aromatic heterocycles. The number of carbonyl (C=O) groups is 1. The van der Waals surface area contributed by atoms with Crippen molar-refractivity contribution >= 4 is 28.9 Å². The van der Waals surface area contributed by atoms with Crippen molar-refractivity contribution in [2.45, 2.75) is 12.8 Å². The highest BCUT2D eigenvalue weighted by Gasteiger charge is 2.19. The summed E-state index contributed by atoms with van der Waals surface area (Å²) in [5.41, 5.74) is 1.45. The molecular weight excluding hydrogens is 280 g/mol. The molecule has 2 heterocycles. The lowest BCUT2D eigenvalue weighted by Crippen LogP contribution is -2.26. The average Bonchev–Trinajstić information content (AvgIpc) is 2.46. The van der Waals surface area contributed by atoms with Gasteiger partial charge in [0.1, 0.15) is 5.75 Å². The zero-order valence-electron chi connectivity index (χ0n) is 11.1. The van der Waals surface area contributed by atoms with Crippen molar-refractivity contribution in [3.8, 4) is 5.75 Å². The van der Waals surface area contributed by atoms with E-state index in [1.165, 1.54) is 6.42 Å². The molecule has 1 atom stereocenters. The first-order valence-corrected chi connectivity index (χ1v) is 7.18. The first-order chi connectivity index (χ1) is 9.72. The highest BCUT2D eigenvalue weighted by molar-refractivity contribution is 6.33. The van der Waals surface area contributed by atoms with E-state index in [-0.39, 0.29) is 12.5 Å². The third-order valence-corrected chi connectivity index (χ3v) is 3.85. The minimum atomic E-state index is -0.159. The van der Waals surface area contributed by atoms with Gasteiger partial charge in [0.2, 0.25) is 0 Å². The SMILES string of the molecule is O=C1COc2cc(NCC3CCCOC3)c(Cl)cc2N1. The van der Waals surface area contributed by atoms with E-state index >= 15 is 0 Å². The molecule has 1 amide bonds. The molecule has 3 rings (SSSR count). The summed E-state index contributed by atoms with van der Waals surface area (Å²) in [4.78, 5) is 11.2. The molecule has 0 radical (unpaired) electrons. The van der Waals surface area contributed by atoms with E-state index in [0.717, 1.165) is 31.9 Å². The van der Waals surface area contributed by atoms with Gasteiger partial charge >= 0.3 is 0 Å². The second-order valence-corrected chi connectivity index (χ2v) is 5.54. The summed E-state index contributed by atoms with van der Waals surface area (Å²) in [6.45, 7) is 2.53. The third-order valence-electron chi connectivity index (χ3n) is 3.54. The molecule has 1 aromatic carbocycles. The number of nitrogens with one attached hydrogen (secondary N) is 2. The lowest BCUT2D eigenvalue weighted by molar-refractivity contribution is -0.118. The van der Waals surface area contributed by atoms with E-state index in [4.69, 9.17) is 21.1 Å². The van der Waals surface area contributed by atoms with Gasteiger partial charge in [0, 0.05) is 19.2 Å². The maximum absolute atomic E-state index is 11.2. The molecule has 108 valence electrons. The van der Waals surface area contributed by atoms with Crippen LogP contribution in [0.2, 0.25) is 5.02 Å². The van der Waals surface area contributed by atoms with Crippen molar-refractivity contribution in [1.82, 2.24) is 0 Å². The Morgan fingerprint density at radius 1 is 1.45 bits per heavy atom. The molecule has 0 spiro atoms. The second-order valence-electron chi connectivity index (χ2n) is 5.13. The molecule has 5 nitrogen and oxygen atoms in total. The number of fused-ring (bicyclic) bond motifs is 1. The van der Waals surface area contributed by atoms with Crippen molar-refractivity contribution < 1.29 is 14.3 Å². The molecule has 0 bridgehead atoms. The molecule has 0 aliphatic carbocycles. The van der Waals surface area contributed by atoms with Crippen LogP contribution in [0.25, 0.3) is 0 Å². The average molecular weight is 297 g/mol. The van der Waals surface area contributed by atoms with E-state index < -0.39 is 0 Å². The Hall–Kier alpha value is -1.46. The molecular formula is C14H17ClN2O3. The van der Waals surface area contributed by atoms with Gasteiger partial charge in [-0.2, -0.15) is 0 Å². The minimum absolute atomic E-state index is 0.0462. The van der Waals surface area contributed by atoms with Crippen LogP contribution in [0.3, 0.4) is 0 Å². The number of benzene rings is 1. The van der Waals surface area contributed by atoms with Gasteiger partial charge in [-0.15, -0.1) is 0 Å². The third kappa shape index (κ3) is 2.99. The first-order valence-electron chi connectivity index (χ1n) is 6.80. The standard InChI is InChI=1S/C14H17ClN2O3/c15-10-4-12-13(20-8-14(18)17-12)5-11(10)16-6-9-2-1-3-19-7-9/h4-5,9,16H,1-3,6-8H2,(H,17,18). The number of halogens is 1. The number of hydrogen-bond acceptors (Lipinski definition) is 4. The summed E-state index contributed by atoms with van der Waals surface area (Å²) in [6.07, 6.45) is 2.28. The molecule has 20 heavy (non-hydrogen) atoms. The summed E-state index contributed by atoms with van der Waals surface area (Å²) in [5.74, 6) is 1.00. The molecule has 2 N–H and O–H groups in total. The molecule has 0 saturated carbocycles. The van der Waals surface area contributed by atoms with Crippen LogP contribution in [0.5, 0.6) is 5.75 Å². The minimum Gasteiger partial charge on any atom is -0.482 e. The van der Waals surface area contributed by atoms with E-state index in [9.17, 15) is 4.79 Å². The van der Waals surface area contributed by atoms with Crippen molar-refractivity contribution in [1.29, 1.82) is 0 Å². The highest BCUT2D eigenvalue weighted by atomic mass is 35.5. The Morgan fingerprint density at radius 2 is 2.35 bits per heavy atom. The predicted molar refractivity (Wildman–Crippen MR) is 77.6 cm³/mol. The number of ether oxygens (including phenoxy) is 2. The maximum Gasteiger partial charge on any atom is 0.262 e. The Balaban J connectivity index is 1.68. The number of amides is 1. The Morgan fingerprint density at radius 3 is 3.15 bits per heavy atom. The molecule has 2 aliphatic heterocycles. The van der Waals surface area contributed by atoms with E-state index in [2.05, 4.69) is 10.6 Å². The predicted octanol–water partition coefficient (Wildman–Crippen LogP) is 2.51. The largest absolute Gasteiger partial charge is 0.482 e. The summed E-state index contributed by atoms with van der Waals surface area (Å²) in [7, 11) is 0. The molecule has 6 heteroatoms. The van der Waals surface area contributed by atoms with E-state index in [1.807, 2.05) is 6.07 Å². The van der Waals surface area contributed by atoms with E-state index in [1.54, 1.807) is 6.07 Å². The van der Waals surface area contributed by atoms with Gasteiger partial charge in [0.25, 0.3) is 5.91 Å². The van der Waals surface area contributed by atoms with Crippen LogP contribution in [0.1, 0.15) is 12.8 Å². The molecule has 2 aliphatic rings. The summed E-state index contributed by atoms with van der Waals surface area (Å²) in [5, 5.41) is 6.65. The summed E-state index contributed by atoms with van der Waals surface area (Å²) >= 11 is 6.23. The Bertz CT molecular complexity index is 515. The van der Waals surface area contributed by atoms with Crippen LogP contribution in [-0.4, -0.2) is 32.3 Å². The van der Waals surface area contributed by atoms with Gasteiger partial charge in [-0.25, -0.2) is 0 Å². The first kappa shape index (κ1) is 13.5. The number of anilines is 2. The zero-order valence-corrected chi connectivity index (χ0v) is 11.8. The monoisotopic (exact) mass is 296 g/mol. The van der Waals surface area contributed by atoms with Crippen molar-refractivity contribution in [3.05, 3.63) is 17.2 Å². The van der Waals surface area contributed by atoms with Crippen LogP contribution >= 0.6 is 11.6 Å². The van der Waals surface area contributed by atoms with Gasteiger partial charge in [-0.1, -0.05) is 11.6 Å². The topological polar surface area (TPSA) is 59.6 Å². The van der Waals surface area contributed by atoms with Crippen molar-refractivity contribution in [3.63, 3.8) is 0 Å². The van der Waals surface area contributed by atoms with Crippen LogP contribution in [0.15, 0.2) is 12.1 Å². The second kappa shape index (κ2) is 5.89. The Kier molecular flexibility index (Phi) is 3.98. The van der Waals surface area contributed by atoms with Gasteiger partial charge in [0.05, 0.1) is 23.0 Å². The van der Waals surface area contributed by atoms with Crippen LogP contribution in [0.4, 0.5) is 11.4 Å². The molecule has 1 saturated heterocycles. The van der Waals surface area contributed by atoms with Gasteiger partial charge in [0.15, 0.2) is 6.61 Å². The molecule has 1 fully saturated rings. The lowest BCUT2D eigenvalue weighted by Gasteiger charge is -2.24. The van der Waals surface area contributed by atoms with E-state index in [0.29, 0.717) is 22.4 Å². The zero-order chi connectivity index (χ0) is 13.9. The summed E-state index contributed by atoms with van der Waals surface area (Å²) < 4.78 is 10.8. The number of rotatable bonds is 3. The number of hydrogen-bond donors (Lipinski definition) is 2. The fraction of sp³-hybridized carbons (Fsp3) is 0.500. The quantitative estimate of drug-likeness (QED) is 0.900. The molecule has 1 unspecified atom stereocenters. The van der Waals surface area contributed by atoms with Gasteiger partial charge < -0.3 is 20.1 Å². The smallest absolute Gasteiger partial charge is 0.262 e. The maximum atomic E-state index is 11.2. The van der Waals surface area contributed by atoms with Crippen LogP contribution in [-0.2, 0) is 9.53 Å². The molecule has 1 aromatic rings. The Labute approximate surface area is 122 Å². The highest BCUT2D eigenvalue weighted by Crippen LogP contribution is 2.36. The normalized spacial score (nSPS) is 21.6. The lowest BCUT2D eigenvalue weighted by atomic mass is 10.0. The summed E-state index contributed by atoms with van der Waals surface area (Å²) in [6, 6.07) is 3.55. The van der Waals surface area contributed by atoms with Crippen molar-refractivity contribution in [2.24, 2.45) is 5.92 Å². The van der Waals surface area contributed by atoms with Gasteiger partial charge in [-0.3, -0.25) is 4.79 Å². The van der Waals surface area contributed by atoms with Crippen LogP contribution < -0.4 is 15.4 Å². The fourth-order valence-corrected chi connectivity index (χ4v) is 2.69. The fourth-order valence-electron chi connectivity index (χ4n) is 2.46. The number of carbonyl (C=O) groups excluding carboxylic acids is 1.